The Balaban J connectivity index is 1.47. The van der Waals surface area contributed by atoms with Gasteiger partial charge >= 0.3 is 0 Å². The smallest absolute Gasteiger partial charge is 0.248 e. The fraction of sp³-hybridized carbons (Fsp3) is 0.727. The lowest BCUT2D eigenvalue weighted by atomic mass is 9.91. The molecule has 9 heteroatoms. The number of nitrogens with one attached hydrogen (secondary N) is 2. The highest BCUT2D eigenvalue weighted by molar-refractivity contribution is 7.15. The summed E-state index contributed by atoms with van der Waals surface area (Å²) in [5.74, 6) is -0.801. The second-order valence-corrected chi connectivity index (χ2v) is 10.9. The summed E-state index contributed by atoms with van der Waals surface area (Å²) < 4.78 is 0. The molecule has 0 unspecified atom stereocenters. The topological polar surface area (TPSA) is 112 Å². The molecule has 1 spiro atoms. The summed E-state index contributed by atoms with van der Waals surface area (Å²) in [6, 6.07) is -0.537. The van der Waals surface area contributed by atoms with E-state index in [1.54, 1.807) is 16.6 Å². The molecule has 1 aliphatic heterocycles. The van der Waals surface area contributed by atoms with E-state index in [9.17, 15) is 14.4 Å². The lowest BCUT2D eigenvalue weighted by Gasteiger charge is -2.28. The van der Waals surface area contributed by atoms with Gasteiger partial charge in [0.25, 0.3) is 0 Å². The number of amides is 3. The van der Waals surface area contributed by atoms with Crippen molar-refractivity contribution in [1.82, 2.24) is 15.4 Å². The van der Waals surface area contributed by atoms with Crippen LogP contribution in [0, 0.1) is 24.2 Å². The Morgan fingerprint density at radius 1 is 1.32 bits per heavy atom. The summed E-state index contributed by atoms with van der Waals surface area (Å²) in [6.45, 7) is 2.50. The summed E-state index contributed by atoms with van der Waals surface area (Å²) in [5.41, 5.74) is 1.72. The van der Waals surface area contributed by atoms with Gasteiger partial charge in [0, 0.05) is 30.0 Å². The second kappa shape index (κ2) is 9.24. The van der Waals surface area contributed by atoms with Gasteiger partial charge in [0.1, 0.15) is 6.04 Å². The third-order valence-electron chi connectivity index (χ3n) is 7.21. The van der Waals surface area contributed by atoms with Gasteiger partial charge < -0.3 is 10.2 Å². The number of aryl methyl sites for hydroxylation is 1. The van der Waals surface area contributed by atoms with Gasteiger partial charge in [0.05, 0.1) is 0 Å². The number of anilines is 1. The number of hydrogen-bond acceptors (Lipinski definition) is 6. The van der Waals surface area contributed by atoms with Crippen LogP contribution < -0.4 is 10.8 Å². The first-order chi connectivity index (χ1) is 14.9. The number of likely N-dealkylation sites (tertiary alicyclic amines) is 1. The van der Waals surface area contributed by atoms with Crippen LogP contribution in [0.3, 0.4) is 0 Å². The van der Waals surface area contributed by atoms with E-state index in [2.05, 4.69) is 10.3 Å². The molecule has 3 N–H and O–H groups in total. The van der Waals surface area contributed by atoms with Crippen molar-refractivity contribution in [3.63, 3.8) is 0 Å². The Labute approximate surface area is 186 Å². The predicted octanol–water partition coefficient (Wildman–Crippen LogP) is 3.25. The van der Waals surface area contributed by atoms with Gasteiger partial charge in [0.2, 0.25) is 17.7 Å². The standard InChI is InChI=1S/C22H32N4O4S/c1-14-12-23-21(31-14)24-19(28)17-11-22(8-9-22)13-26(17)20(29)16(10-18(27)25-30)7-6-15-4-2-3-5-15/h12,15-17,30H,2-11,13H2,1H3,(H,25,27)(H,23,24,28)/t16-,17+/m1/s1. The monoisotopic (exact) mass is 448 g/mol. The number of hydroxylamine groups is 1. The maximum atomic E-state index is 13.6. The molecule has 1 aromatic heterocycles. The number of carbonyl (C=O) groups excluding carboxylic acids is 3. The van der Waals surface area contributed by atoms with Crippen molar-refractivity contribution in [2.24, 2.45) is 17.3 Å². The SMILES string of the molecule is Cc1cnc(NC(=O)[C@@H]2CC3(CC3)CN2C(=O)[C@H](CCC2CCCC2)CC(=O)NO)s1. The number of thiazole rings is 1. The van der Waals surface area contributed by atoms with Crippen LogP contribution in [-0.2, 0) is 14.4 Å². The van der Waals surface area contributed by atoms with Crippen LogP contribution in [-0.4, -0.2) is 45.4 Å². The Morgan fingerprint density at radius 3 is 2.68 bits per heavy atom. The average Bonchev–Trinajstić information content (AvgIpc) is 3.10. The molecule has 2 atom stereocenters. The number of rotatable bonds is 8. The van der Waals surface area contributed by atoms with Crippen molar-refractivity contribution in [3.8, 4) is 0 Å². The lowest BCUT2D eigenvalue weighted by Crippen LogP contribution is -2.46. The van der Waals surface area contributed by atoms with Crippen LogP contribution in [0.1, 0.15) is 69.1 Å². The molecule has 1 saturated heterocycles. The minimum absolute atomic E-state index is 0.0473. The van der Waals surface area contributed by atoms with Crippen molar-refractivity contribution in [2.75, 3.05) is 11.9 Å². The minimum Gasteiger partial charge on any atom is -0.330 e. The Bertz CT molecular complexity index is 831. The van der Waals surface area contributed by atoms with Crippen LogP contribution in [0.4, 0.5) is 5.13 Å². The van der Waals surface area contributed by atoms with E-state index in [1.165, 1.54) is 37.0 Å². The van der Waals surface area contributed by atoms with E-state index in [0.717, 1.165) is 24.1 Å². The molecule has 3 aliphatic rings. The van der Waals surface area contributed by atoms with Gasteiger partial charge in [-0.2, -0.15) is 0 Å². The third-order valence-corrected chi connectivity index (χ3v) is 8.03. The van der Waals surface area contributed by atoms with Gasteiger partial charge in [-0.15, -0.1) is 11.3 Å². The highest BCUT2D eigenvalue weighted by Gasteiger charge is 2.55. The van der Waals surface area contributed by atoms with Crippen LogP contribution in [0.15, 0.2) is 6.20 Å². The Morgan fingerprint density at radius 2 is 2.06 bits per heavy atom. The maximum Gasteiger partial charge on any atom is 0.248 e. The van der Waals surface area contributed by atoms with Crippen molar-refractivity contribution in [2.45, 2.75) is 77.2 Å². The zero-order valence-electron chi connectivity index (χ0n) is 18.1. The highest BCUT2D eigenvalue weighted by atomic mass is 32.1. The van der Waals surface area contributed by atoms with E-state index >= 15 is 0 Å². The van der Waals surface area contributed by atoms with Gasteiger partial charge in [0.15, 0.2) is 5.13 Å². The average molecular weight is 449 g/mol. The molecule has 2 saturated carbocycles. The largest absolute Gasteiger partial charge is 0.330 e. The van der Waals surface area contributed by atoms with E-state index in [1.807, 2.05) is 6.92 Å². The molecular weight excluding hydrogens is 416 g/mol. The van der Waals surface area contributed by atoms with Gasteiger partial charge in [-0.3, -0.25) is 19.6 Å². The van der Waals surface area contributed by atoms with Crippen LogP contribution in [0.25, 0.3) is 0 Å². The molecular formula is C22H32N4O4S. The van der Waals surface area contributed by atoms with Gasteiger partial charge in [-0.1, -0.05) is 25.7 Å². The number of nitrogens with zero attached hydrogens (tertiary/aromatic N) is 2. The van der Waals surface area contributed by atoms with Crippen LogP contribution in [0.5, 0.6) is 0 Å². The fourth-order valence-corrected chi connectivity index (χ4v) is 5.88. The zero-order chi connectivity index (χ0) is 22.0. The zero-order valence-corrected chi connectivity index (χ0v) is 18.9. The molecule has 170 valence electrons. The quantitative estimate of drug-likeness (QED) is 0.417. The van der Waals surface area contributed by atoms with Crippen molar-refractivity contribution in [3.05, 3.63) is 11.1 Å². The molecule has 4 rings (SSSR count). The van der Waals surface area contributed by atoms with E-state index in [4.69, 9.17) is 5.21 Å². The molecule has 2 heterocycles. The Kier molecular flexibility index (Phi) is 6.62. The summed E-state index contributed by atoms with van der Waals surface area (Å²) in [7, 11) is 0. The lowest BCUT2D eigenvalue weighted by molar-refractivity contribution is -0.143. The number of hydrogen-bond donors (Lipinski definition) is 3. The van der Waals surface area contributed by atoms with E-state index < -0.39 is 17.9 Å². The fourth-order valence-electron chi connectivity index (χ4n) is 5.22. The summed E-state index contributed by atoms with van der Waals surface area (Å²) >= 11 is 1.41. The highest BCUT2D eigenvalue weighted by Crippen LogP contribution is 2.55. The van der Waals surface area contributed by atoms with Gasteiger partial charge in [-0.25, -0.2) is 10.5 Å². The number of carbonyl (C=O) groups is 3. The second-order valence-electron chi connectivity index (χ2n) is 9.62. The van der Waals surface area contributed by atoms with E-state index in [0.29, 0.717) is 30.4 Å². The minimum atomic E-state index is -0.552. The summed E-state index contributed by atoms with van der Waals surface area (Å²) in [5, 5.41) is 12.4. The molecule has 3 fully saturated rings. The van der Waals surface area contributed by atoms with Gasteiger partial charge in [-0.05, 0) is 50.4 Å². The first-order valence-corrected chi connectivity index (χ1v) is 12.2. The molecule has 0 bridgehead atoms. The van der Waals surface area contributed by atoms with Crippen LogP contribution in [0.2, 0.25) is 0 Å². The Hall–Kier alpha value is -2.00. The number of aromatic nitrogens is 1. The summed E-state index contributed by atoms with van der Waals surface area (Å²) in [6.07, 6.45) is 10.7. The molecule has 0 radical (unpaired) electrons. The predicted molar refractivity (Wildman–Crippen MR) is 116 cm³/mol. The molecule has 8 nitrogen and oxygen atoms in total. The maximum absolute atomic E-state index is 13.6. The van der Waals surface area contributed by atoms with Crippen LogP contribution >= 0.6 is 11.3 Å². The van der Waals surface area contributed by atoms with Crippen molar-refractivity contribution in [1.29, 1.82) is 0 Å². The molecule has 31 heavy (non-hydrogen) atoms. The summed E-state index contributed by atoms with van der Waals surface area (Å²) in [4.78, 5) is 45.5. The first kappa shape index (κ1) is 22.2. The van der Waals surface area contributed by atoms with E-state index in [-0.39, 0.29) is 23.7 Å². The molecule has 3 amide bonds. The third kappa shape index (κ3) is 5.26. The molecule has 1 aromatic rings. The molecule has 2 aliphatic carbocycles. The van der Waals surface area contributed by atoms with Crippen molar-refractivity contribution >= 4 is 34.2 Å². The van der Waals surface area contributed by atoms with Crippen molar-refractivity contribution < 1.29 is 19.6 Å². The molecule has 0 aromatic carbocycles. The first-order valence-electron chi connectivity index (χ1n) is 11.4. The normalized spacial score (nSPS) is 23.2.